The molecule has 0 aliphatic heterocycles. The van der Waals surface area contributed by atoms with E-state index in [0.717, 1.165) is 0 Å². The third kappa shape index (κ3) is 4.77. The molecule has 6 heteroatoms. The van der Waals surface area contributed by atoms with Gasteiger partial charge in [-0.1, -0.05) is 0 Å². The molecular formula is C5H12BN2O3. The van der Waals surface area contributed by atoms with Gasteiger partial charge in [0.2, 0.25) is 0 Å². The maximum absolute atomic E-state index is 10.3. The highest BCUT2D eigenvalue weighted by Crippen LogP contribution is 1.80. The quantitative estimate of drug-likeness (QED) is 0.315. The third-order valence-electron chi connectivity index (χ3n) is 1.05. The van der Waals surface area contributed by atoms with Crippen LogP contribution < -0.4 is 11.1 Å². The van der Waals surface area contributed by atoms with E-state index in [4.69, 9.17) is 15.5 Å². The van der Waals surface area contributed by atoms with Gasteiger partial charge >= 0.3 is 13.5 Å². The van der Waals surface area contributed by atoms with Crippen molar-refractivity contribution in [3.63, 3.8) is 0 Å². The Morgan fingerprint density at radius 2 is 2.55 bits per heavy atom. The molecule has 11 heavy (non-hydrogen) atoms. The minimum atomic E-state index is -0.968. The molecule has 0 bridgehead atoms. The number of hydrogen-bond donors (Lipinski definition) is 3. The van der Waals surface area contributed by atoms with E-state index in [2.05, 4.69) is 5.32 Å². The van der Waals surface area contributed by atoms with Crippen LogP contribution in [-0.4, -0.2) is 44.7 Å². The maximum Gasteiger partial charge on any atom is 0.323 e. The van der Waals surface area contributed by atoms with Crippen molar-refractivity contribution in [1.29, 1.82) is 0 Å². The van der Waals surface area contributed by atoms with Gasteiger partial charge in [-0.05, 0) is 7.05 Å². The average molecular weight is 159 g/mol. The van der Waals surface area contributed by atoms with E-state index in [1.165, 1.54) is 7.48 Å². The van der Waals surface area contributed by atoms with Gasteiger partial charge in [-0.3, -0.25) is 4.79 Å². The molecule has 0 aromatic carbocycles. The fourth-order valence-electron chi connectivity index (χ4n) is 0.482. The zero-order valence-corrected chi connectivity index (χ0v) is 6.41. The number of nitrogens with two attached hydrogens (primary N) is 1. The monoisotopic (exact) mass is 159 g/mol. The fraction of sp³-hybridized carbons (Fsp3) is 0.800. The average Bonchev–Trinajstić information content (AvgIpc) is 1.97. The minimum absolute atomic E-state index is 0.339. The molecule has 0 amide bonds. The Bertz CT molecular complexity index is 122. The molecule has 0 aromatic rings. The summed E-state index contributed by atoms with van der Waals surface area (Å²) in [5, 5.41) is 11.0. The standard InChI is InChI=1S/C5H12BN2O3/c1-8-4(5(9)10)6-11-3-2-7/h4,8H,2-3,7H2,1H3,(H,9,10). The number of carbonyl (C=O) groups is 1. The summed E-state index contributed by atoms with van der Waals surface area (Å²) in [5.41, 5.74) is 5.12. The number of aliphatic carboxylic acids is 1. The van der Waals surface area contributed by atoms with Gasteiger partial charge in [0.1, 0.15) is 5.94 Å². The number of carboxylic acids is 1. The van der Waals surface area contributed by atoms with E-state index in [-0.39, 0.29) is 0 Å². The van der Waals surface area contributed by atoms with Gasteiger partial charge in [0.25, 0.3) is 0 Å². The summed E-state index contributed by atoms with van der Waals surface area (Å²) in [4.78, 5) is 10.3. The second-order valence-electron chi connectivity index (χ2n) is 1.90. The van der Waals surface area contributed by atoms with E-state index in [1.54, 1.807) is 7.05 Å². The summed E-state index contributed by atoms with van der Waals surface area (Å²) in [6, 6.07) is 0. The van der Waals surface area contributed by atoms with Gasteiger partial charge in [0.05, 0.1) is 0 Å². The van der Waals surface area contributed by atoms with Crippen molar-refractivity contribution in [1.82, 2.24) is 5.32 Å². The molecule has 0 heterocycles. The second-order valence-corrected chi connectivity index (χ2v) is 1.90. The van der Waals surface area contributed by atoms with Crippen molar-refractivity contribution >= 4 is 13.5 Å². The van der Waals surface area contributed by atoms with Gasteiger partial charge in [-0.2, -0.15) is 0 Å². The van der Waals surface area contributed by atoms with Gasteiger partial charge in [0, 0.05) is 13.2 Å². The number of rotatable bonds is 6. The van der Waals surface area contributed by atoms with E-state index in [0.29, 0.717) is 13.2 Å². The lowest BCUT2D eigenvalue weighted by atomic mass is 9.88. The summed E-state index contributed by atoms with van der Waals surface area (Å²) in [7, 11) is 2.76. The lowest BCUT2D eigenvalue weighted by Crippen LogP contribution is -2.41. The first kappa shape index (κ1) is 10.4. The Balaban J connectivity index is 3.44. The van der Waals surface area contributed by atoms with Crippen molar-refractivity contribution in [2.24, 2.45) is 5.73 Å². The SMILES string of the molecule is CNC([B]OCCN)C(=O)O. The van der Waals surface area contributed by atoms with E-state index in [1.807, 2.05) is 0 Å². The number of nitrogens with one attached hydrogen (secondary N) is 1. The molecule has 5 nitrogen and oxygen atoms in total. The molecule has 1 radical (unpaired) electrons. The summed E-state index contributed by atoms with van der Waals surface area (Å²) in [6.07, 6.45) is 0. The topological polar surface area (TPSA) is 84.6 Å². The molecule has 0 fully saturated rings. The zero-order chi connectivity index (χ0) is 8.69. The van der Waals surface area contributed by atoms with Crippen molar-refractivity contribution in [3.05, 3.63) is 0 Å². The first-order chi connectivity index (χ1) is 5.22. The molecule has 1 unspecified atom stereocenters. The molecular weight excluding hydrogens is 147 g/mol. The van der Waals surface area contributed by atoms with Crippen molar-refractivity contribution in [2.75, 3.05) is 20.2 Å². The van der Waals surface area contributed by atoms with Crippen LogP contribution in [0.15, 0.2) is 0 Å². The molecule has 0 aliphatic carbocycles. The predicted molar refractivity (Wildman–Crippen MR) is 41.2 cm³/mol. The van der Waals surface area contributed by atoms with Gasteiger partial charge in [-0.15, -0.1) is 0 Å². The fourth-order valence-corrected chi connectivity index (χ4v) is 0.482. The van der Waals surface area contributed by atoms with Gasteiger partial charge in [-0.25, -0.2) is 0 Å². The predicted octanol–water partition coefficient (Wildman–Crippen LogP) is -1.79. The zero-order valence-electron chi connectivity index (χ0n) is 6.41. The molecule has 0 saturated carbocycles. The number of likely N-dealkylation sites (N-methyl/N-ethyl adjacent to an activating group) is 1. The van der Waals surface area contributed by atoms with Gasteiger partial charge in [0.15, 0.2) is 0 Å². The molecule has 4 N–H and O–H groups in total. The van der Waals surface area contributed by atoms with Crippen LogP contribution >= 0.6 is 0 Å². The van der Waals surface area contributed by atoms with Crippen molar-refractivity contribution in [3.8, 4) is 0 Å². The van der Waals surface area contributed by atoms with Crippen LogP contribution in [0, 0.1) is 0 Å². The van der Waals surface area contributed by atoms with Gasteiger partial charge < -0.3 is 20.8 Å². The molecule has 0 saturated heterocycles. The largest absolute Gasteiger partial charge is 0.481 e. The Hall–Kier alpha value is -0.585. The Morgan fingerprint density at radius 1 is 1.91 bits per heavy atom. The molecule has 0 aliphatic rings. The normalized spacial score (nSPS) is 12.5. The third-order valence-corrected chi connectivity index (χ3v) is 1.05. The lowest BCUT2D eigenvalue weighted by molar-refractivity contribution is -0.137. The Labute approximate surface area is 66.2 Å². The first-order valence-electron chi connectivity index (χ1n) is 3.27. The first-order valence-corrected chi connectivity index (χ1v) is 3.27. The lowest BCUT2D eigenvalue weighted by Gasteiger charge is -2.08. The Morgan fingerprint density at radius 3 is 2.91 bits per heavy atom. The van der Waals surface area contributed by atoms with Crippen LogP contribution in [0.25, 0.3) is 0 Å². The van der Waals surface area contributed by atoms with E-state index >= 15 is 0 Å². The van der Waals surface area contributed by atoms with E-state index < -0.39 is 11.9 Å². The molecule has 0 spiro atoms. The van der Waals surface area contributed by atoms with Crippen LogP contribution in [0.3, 0.4) is 0 Å². The molecule has 63 valence electrons. The molecule has 0 aromatic heterocycles. The second kappa shape index (κ2) is 6.15. The summed E-state index contributed by atoms with van der Waals surface area (Å²) in [6.45, 7) is 0.720. The minimum Gasteiger partial charge on any atom is -0.481 e. The molecule has 1 atom stereocenters. The smallest absolute Gasteiger partial charge is 0.323 e. The summed E-state index contributed by atoms with van der Waals surface area (Å²) < 4.78 is 4.80. The van der Waals surface area contributed by atoms with Crippen molar-refractivity contribution in [2.45, 2.75) is 5.94 Å². The van der Waals surface area contributed by atoms with Crippen LogP contribution in [0.1, 0.15) is 0 Å². The highest BCUT2D eigenvalue weighted by atomic mass is 16.4. The van der Waals surface area contributed by atoms with Crippen LogP contribution in [0.4, 0.5) is 0 Å². The maximum atomic E-state index is 10.3. The molecule has 0 rings (SSSR count). The Kier molecular flexibility index (Phi) is 5.82. The summed E-state index contributed by atoms with van der Waals surface area (Å²) in [5.74, 6) is -1.73. The summed E-state index contributed by atoms with van der Waals surface area (Å²) >= 11 is 0. The number of carboxylic acid groups (broad SMARTS) is 1. The van der Waals surface area contributed by atoms with Crippen LogP contribution in [-0.2, 0) is 9.45 Å². The van der Waals surface area contributed by atoms with E-state index in [9.17, 15) is 4.79 Å². The number of hydrogen-bond acceptors (Lipinski definition) is 4. The highest BCUT2D eigenvalue weighted by molar-refractivity contribution is 6.36. The van der Waals surface area contributed by atoms with Crippen molar-refractivity contribution < 1.29 is 14.6 Å². The van der Waals surface area contributed by atoms with Crippen LogP contribution in [0.2, 0.25) is 0 Å². The highest BCUT2D eigenvalue weighted by Gasteiger charge is 2.16. The van der Waals surface area contributed by atoms with Crippen LogP contribution in [0.5, 0.6) is 0 Å².